The second-order valence-corrected chi connectivity index (χ2v) is 5.34. The van der Waals surface area contributed by atoms with Gasteiger partial charge < -0.3 is 15.4 Å². The van der Waals surface area contributed by atoms with Crippen molar-refractivity contribution in [2.75, 3.05) is 19.7 Å². The van der Waals surface area contributed by atoms with Crippen molar-refractivity contribution in [3.63, 3.8) is 0 Å². The van der Waals surface area contributed by atoms with Gasteiger partial charge in [-0.15, -0.1) is 0 Å². The normalized spacial score (nSPS) is 19.9. The topological polar surface area (TPSA) is 50.4 Å². The molecular weight excluding hydrogens is 278 g/mol. The van der Waals surface area contributed by atoms with Gasteiger partial charge in [-0.1, -0.05) is 0 Å². The molecule has 2 N–H and O–H groups in total. The van der Waals surface area contributed by atoms with Crippen LogP contribution in [0.2, 0.25) is 0 Å². The van der Waals surface area contributed by atoms with E-state index in [2.05, 4.69) is 10.6 Å². The fourth-order valence-electron chi connectivity index (χ4n) is 2.29. The Balaban J connectivity index is 1.78. The minimum absolute atomic E-state index is 0.0159. The monoisotopic (exact) mass is 298 g/mol. The average Bonchev–Trinajstić information content (AvgIpc) is 2.47. The first-order valence-corrected chi connectivity index (χ1v) is 7.15. The van der Waals surface area contributed by atoms with Gasteiger partial charge in [0.05, 0.1) is 12.0 Å². The van der Waals surface area contributed by atoms with Crippen LogP contribution in [0.5, 0.6) is 5.75 Å². The van der Waals surface area contributed by atoms with Crippen molar-refractivity contribution < 1.29 is 18.3 Å². The van der Waals surface area contributed by atoms with Gasteiger partial charge in [0.1, 0.15) is 12.4 Å². The summed E-state index contributed by atoms with van der Waals surface area (Å²) in [6.07, 6.45) is 1.86. The summed E-state index contributed by atoms with van der Waals surface area (Å²) >= 11 is 0. The summed E-state index contributed by atoms with van der Waals surface area (Å²) in [5, 5.41) is 6.03. The number of ether oxygens (including phenoxy) is 1. The zero-order chi connectivity index (χ0) is 15.2. The van der Waals surface area contributed by atoms with E-state index in [0.717, 1.165) is 31.5 Å². The Morgan fingerprint density at radius 2 is 2.33 bits per heavy atom. The Morgan fingerprint density at radius 3 is 3.00 bits per heavy atom. The number of piperidine rings is 1. The fraction of sp³-hybridized carbons (Fsp3) is 0.533. The van der Waals surface area contributed by atoms with E-state index in [1.165, 1.54) is 6.07 Å². The molecule has 4 nitrogen and oxygen atoms in total. The first-order chi connectivity index (χ1) is 10.1. The molecule has 0 aromatic heterocycles. The zero-order valence-electron chi connectivity index (χ0n) is 12.0. The van der Waals surface area contributed by atoms with Crippen LogP contribution in [0.1, 0.15) is 19.8 Å². The number of carbonyl (C=O) groups excluding carboxylic acids is 1. The van der Waals surface area contributed by atoms with Gasteiger partial charge in [0.25, 0.3) is 0 Å². The number of rotatable bonds is 5. The highest BCUT2D eigenvalue weighted by Crippen LogP contribution is 2.17. The van der Waals surface area contributed by atoms with Gasteiger partial charge in [-0.3, -0.25) is 4.79 Å². The largest absolute Gasteiger partial charge is 0.488 e. The van der Waals surface area contributed by atoms with Crippen LogP contribution in [0, 0.1) is 17.6 Å². The zero-order valence-corrected chi connectivity index (χ0v) is 12.0. The molecule has 0 saturated carbocycles. The van der Waals surface area contributed by atoms with Crippen LogP contribution in [-0.4, -0.2) is 31.6 Å². The van der Waals surface area contributed by atoms with Crippen LogP contribution in [0.4, 0.5) is 8.78 Å². The molecule has 1 aliphatic rings. The number of halogens is 2. The number of amides is 1. The fourth-order valence-corrected chi connectivity index (χ4v) is 2.29. The van der Waals surface area contributed by atoms with Crippen LogP contribution in [0.25, 0.3) is 0 Å². The van der Waals surface area contributed by atoms with Crippen molar-refractivity contribution in [2.24, 2.45) is 5.92 Å². The maximum atomic E-state index is 13.4. The molecule has 1 aromatic carbocycles. The minimum Gasteiger partial charge on any atom is -0.488 e. The van der Waals surface area contributed by atoms with Gasteiger partial charge in [0.2, 0.25) is 5.91 Å². The molecule has 0 spiro atoms. The molecule has 1 saturated heterocycles. The molecule has 21 heavy (non-hydrogen) atoms. The molecule has 0 bridgehead atoms. The molecule has 0 aliphatic carbocycles. The van der Waals surface area contributed by atoms with Crippen molar-refractivity contribution in [2.45, 2.75) is 25.8 Å². The second kappa shape index (κ2) is 7.36. The molecule has 1 aromatic rings. The Kier molecular flexibility index (Phi) is 5.50. The standard InChI is InChI=1S/C15H20F2N2O2/c1-10(19-15(20)11-3-2-6-18-8-11)9-21-14-5-4-12(16)7-13(14)17/h4-5,7,10-11,18H,2-3,6,8-9H2,1H3,(H,19,20). The van der Waals surface area contributed by atoms with E-state index in [1.807, 2.05) is 0 Å². The average molecular weight is 298 g/mol. The summed E-state index contributed by atoms with van der Waals surface area (Å²) in [6, 6.07) is 2.90. The number of carbonyl (C=O) groups is 1. The lowest BCUT2D eigenvalue weighted by molar-refractivity contribution is -0.126. The molecule has 2 atom stereocenters. The summed E-state index contributed by atoms with van der Waals surface area (Å²) in [7, 11) is 0. The molecule has 6 heteroatoms. The molecule has 2 rings (SSSR count). The molecule has 2 unspecified atom stereocenters. The molecule has 1 aliphatic heterocycles. The molecule has 1 amide bonds. The summed E-state index contributed by atoms with van der Waals surface area (Å²) in [5.41, 5.74) is 0. The first kappa shape index (κ1) is 15.7. The summed E-state index contributed by atoms with van der Waals surface area (Å²) in [6.45, 7) is 3.56. The van der Waals surface area contributed by atoms with Crippen LogP contribution in [-0.2, 0) is 4.79 Å². The lowest BCUT2D eigenvalue weighted by Crippen LogP contribution is -2.45. The van der Waals surface area contributed by atoms with Crippen LogP contribution in [0.3, 0.4) is 0 Å². The van der Waals surface area contributed by atoms with E-state index in [4.69, 9.17) is 4.74 Å². The summed E-state index contributed by atoms with van der Waals surface area (Å²) in [5.74, 6) is -1.45. The van der Waals surface area contributed by atoms with Crippen molar-refractivity contribution >= 4 is 5.91 Å². The van der Waals surface area contributed by atoms with Gasteiger partial charge >= 0.3 is 0 Å². The molecule has 1 fully saturated rings. The molecule has 116 valence electrons. The molecular formula is C15H20F2N2O2. The Labute approximate surface area is 122 Å². The third-order valence-corrected chi connectivity index (χ3v) is 3.44. The highest BCUT2D eigenvalue weighted by Gasteiger charge is 2.22. The van der Waals surface area contributed by atoms with Crippen molar-refractivity contribution in [1.29, 1.82) is 0 Å². The first-order valence-electron chi connectivity index (χ1n) is 7.15. The Bertz CT molecular complexity index is 491. The van der Waals surface area contributed by atoms with Gasteiger partial charge in [-0.2, -0.15) is 0 Å². The van der Waals surface area contributed by atoms with E-state index >= 15 is 0 Å². The highest BCUT2D eigenvalue weighted by molar-refractivity contribution is 5.79. The van der Waals surface area contributed by atoms with Crippen molar-refractivity contribution in [3.8, 4) is 5.75 Å². The summed E-state index contributed by atoms with van der Waals surface area (Å²) < 4.78 is 31.4. The maximum absolute atomic E-state index is 13.4. The summed E-state index contributed by atoms with van der Waals surface area (Å²) in [4.78, 5) is 12.0. The molecule has 0 radical (unpaired) electrons. The van der Waals surface area contributed by atoms with Crippen molar-refractivity contribution in [1.82, 2.24) is 10.6 Å². The Morgan fingerprint density at radius 1 is 1.52 bits per heavy atom. The number of nitrogens with one attached hydrogen (secondary N) is 2. The van der Waals surface area contributed by atoms with E-state index in [9.17, 15) is 13.6 Å². The van der Waals surface area contributed by atoms with Gasteiger partial charge in [-0.05, 0) is 38.4 Å². The van der Waals surface area contributed by atoms with Crippen molar-refractivity contribution in [3.05, 3.63) is 29.8 Å². The maximum Gasteiger partial charge on any atom is 0.224 e. The predicted octanol–water partition coefficient (Wildman–Crippen LogP) is 1.85. The van der Waals surface area contributed by atoms with Crippen LogP contribution >= 0.6 is 0 Å². The van der Waals surface area contributed by atoms with Crippen LogP contribution in [0.15, 0.2) is 18.2 Å². The third kappa shape index (κ3) is 4.67. The lowest BCUT2D eigenvalue weighted by Gasteiger charge is -2.24. The Hall–Kier alpha value is -1.69. The quantitative estimate of drug-likeness (QED) is 0.872. The molecule has 1 heterocycles. The minimum atomic E-state index is -0.745. The van der Waals surface area contributed by atoms with E-state index < -0.39 is 11.6 Å². The third-order valence-electron chi connectivity index (χ3n) is 3.44. The lowest BCUT2D eigenvalue weighted by atomic mass is 9.98. The van der Waals surface area contributed by atoms with Gasteiger partial charge in [-0.25, -0.2) is 8.78 Å². The van der Waals surface area contributed by atoms with E-state index in [-0.39, 0.29) is 30.2 Å². The van der Waals surface area contributed by atoms with Gasteiger partial charge in [0.15, 0.2) is 11.6 Å². The number of benzene rings is 1. The van der Waals surface area contributed by atoms with E-state index in [1.54, 1.807) is 6.92 Å². The number of hydrogen-bond acceptors (Lipinski definition) is 3. The smallest absolute Gasteiger partial charge is 0.224 e. The highest BCUT2D eigenvalue weighted by atomic mass is 19.1. The number of hydrogen-bond donors (Lipinski definition) is 2. The van der Waals surface area contributed by atoms with Crippen LogP contribution < -0.4 is 15.4 Å². The SMILES string of the molecule is CC(COc1ccc(F)cc1F)NC(=O)C1CCCNC1. The predicted molar refractivity (Wildman–Crippen MR) is 75.1 cm³/mol. The van der Waals surface area contributed by atoms with E-state index in [0.29, 0.717) is 6.54 Å². The van der Waals surface area contributed by atoms with Gasteiger partial charge in [0, 0.05) is 12.6 Å². The second-order valence-electron chi connectivity index (χ2n) is 5.34.